The highest BCUT2D eigenvalue weighted by Gasteiger charge is 2.32. The molecular formula is C18H21ClN2. The molecule has 3 heteroatoms. The zero-order valence-electron chi connectivity index (χ0n) is 12.6. The lowest BCUT2D eigenvalue weighted by atomic mass is 9.89. The first-order valence-corrected chi connectivity index (χ1v) is 7.78. The van der Waals surface area contributed by atoms with Gasteiger partial charge in [0.15, 0.2) is 0 Å². The van der Waals surface area contributed by atoms with Gasteiger partial charge in [-0.25, -0.2) is 0 Å². The lowest BCUT2D eigenvalue weighted by molar-refractivity contribution is 0.332. The zero-order chi connectivity index (χ0) is 14.9. The van der Waals surface area contributed by atoms with E-state index in [1.54, 1.807) is 0 Å². The van der Waals surface area contributed by atoms with Crippen molar-refractivity contribution < 1.29 is 0 Å². The minimum atomic E-state index is -0.0335. The summed E-state index contributed by atoms with van der Waals surface area (Å²) < 4.78 is 0. The van der Waals surface area contributed by atoms with Gasteiger partial charge >= 0.3 is 0 Å². The molecule has 2 aromatic carbocycles. The molecule has 21 heavy (non-hydrogen) atoms. The Hall–Kier alpha value is -1.51. The molecule has 2 nitrogen and oxygen atoms in total. The maximum absolute atomic E-state index is 6.18. The van der Waals surface area contributed by atoms with E-state index in [2.05, 4.69) is 66.5 Å². The van der Waals surface area contributed by atoms with Crippen molar-refractivity contribution in [1.82, 2.24) is 5.32 Å². The molecule has 1 saturated heterocycles. The van der Waals surface area contributed by atoms with Crippen molar-refractivity contribution in [2.45, 2.75) is 19.4 Å². The summed E-state index contributed by atoms with van der Waals surface area (Å²) in [5.41, 5.74) is 3.81. The molecule has 3 rings (SSSR count). The summed E-state index contributed by atoms with van der Waals surface area (Å²) in [5, 5.41) is 4.47. The molecule has 0 bridgehead atoms. The highest BCUT2D eigenvalue weighted by molar-refractivity contribution is 6.30. The lowest BCUT2D eigenvalue weighted by Crippen LogP contribution is -2.57. The molecule has 1 heterocycles. The van der Waals surface area contributed by atoms with Gasteiger partial charge in [-0.2, -0.15) is 0 Å². The molecule has 0 aromatic heterocycles. The Morgan fingerprint density at radius 3 is 2.67 bits per heavy atom. The third kappa shape index (κ3) is 2.92. The van der Waals surface area contributed by atoms with Gasteiger partial charge in [0, 0.05) is 30.3 Å². The number of nitrogens with zero attached hydrogens (tertiary/aromatic N) is 1. The SMILES string of the molecule is Cc1ccc(Cl)cc1N1CCNC(C)(c2ccccc2)C1. The monoisotopic (exact) mass is 300 g/mol. The van der Waals surface area contributed by atoms with E-state index < -0.39 is 0 Å². The number of nitrogens with one attached hydrogen (secondary N) is 1. The van der Waals surface area contributed by atoms with Crippen LogP contribution in [0.5, 0.6) is 0 Å². The number of hydrogen-bond acceptors (Lipinski definition) is 2. The van der Waals surface area contributed by atoms with Crippen molar-refractivity contribution in [3.05, 3.63) is 64.7 Å². The van der Waals surface area contributed by atoms with Crippen LogP contribution in [0.4, 0.5) is 5.69 Å². The summed E-state index contributed by atoms with van der Waals surface area (Å²) in [6.45, 7) is 7.33. The number of benzene rings is 2. The fraction of sp³-hybridized carbons (Fsp3) is 0.333. The Balaban J connectivity index is 1.91. The van der Waals surface area contributed by atoms with Gasteiger partial charge in [-0.3, -0.25) is 0 Å². The highest BCUT2D eigenvalue weighted by Crippen LogP contribution is 2.30. The third-order valence-electron chi connectivity index (χ3n) is 4.33. The Morgan fingerprint density at radius 1 is 1.14 bits per heavy atom. The van der Waals surface area contributed by atoms with E-state index in [0.717, 1.165) is 24.7 Å². The first kappa shape index (κ1) is 14.4. The second kappa shape index (κ2) is 5.70. The van der Waals surface area contributed by atoms with E-state index in [9.17, 15) is 0 Å². The molecule has 110 valence electrons. The van der Waals surface area contributed by atoms with Gasteiger partial charge in [-0.1, -0.05) is 48.0 Å². The predicted molar refractivity (Wildman–Crippen MR) is 90.2 cm³/mol. The fourth-order valence-corrected chi connectivity index (χ4v) is 3.28. The summed E-state index contributed by atoms with van der Waals surface area (Å²) >= 11 is 6.18. The average Bonchev–Trinajstić information content (AvgIpc) is 2.51. The number of anilines is 1. The third-order valence-corrected chi connectivity index (χ3v) is 4.56. The predicted octanol–water partition coefficient (Wildman–Crippen LogP) is 3.97. The van der Waals surface area contributed by atoms with Crippen molar-refractivity contribution in [2.24, 2.45) is 0 Å². The van der Waals surface area contributed by atoms with Crippen molar-refractivity contribution in [3.8, 4) is 0 Å². The van der Waals surface area contributed by atoms with Crippen LogP contribution in [0.15, 0.2) is 48.5 Å². The molecule has 0 spiro atoms. The largest absolute Gasteiger partial charge is 0.368 e. The van der Waals surface area contributed by atoms with Crippen LogP contribution < -0.4 is 10.2 Å². The molecular weight excluding hydrogens is 280 g/mol. The number of aryl methyl sites for hydroxylation is 1. The van der Waals surface area contributed by atoms with Crippen LogP contribution in [0.3, 0.4) is 0 Å². The van der Waals surface area contributed by atoms with Crippen LogP contribution in [0.2, 0.25) is 5.02 Å². The van der Waals surface area contributed by atoms with E-state index in [0.29, 0.717) is 0 Å². The topological polar surface area (TPSA) is 15.3 Å². The van der Waals surface area contributed by atoms with Gasteiger partial charge in [0.1, 0.15) is 0 Å². The number of hydrogen-bond donors (Lipinski definition) is 1. The molecule has 1 aliphatic heterocycles. The first-order valence-electron chi connectivity index (χ1n) is 7.40. The summed E-state index contributed by atoms with van der Waals surface area (Å²) in [4.78, 5) is 2.44. The van der Waals surface area contributed by atoms with Crippen molar-refractivity contribution in [3.63, 3.8) is 0 Å². The van der Waals surface area contributed by atoms with E-state index in [4.69, 9.17) is 11.6 Å². The maximum Gasteiger partial charge on any atom is 0.0584 e. The quantitative estimate of drug-likeness (QED) is 0.902. The van der Waals surface area contributed by atoms with Gasteiger partial charge < -0.3 is 10.2 Å². The molecule has 1 aliphatic rings. The van der Waals surface area contributed by atoms with Crippen LogP contribution in [-0.2, 0) is 5.54 Å². The Bertz CT molecular complexity index is 626. The van der Waals surface area contributed by atoms with Crippen molar-refractivity contribution in [1.29, 1.82) is 0 Å². The average molecular weight is 301 g/mol. The van der Waals surface area contributed by atoms with Crippen LogP contribution in [0.1, 0.15) is 18.1 Å². The normalized spacial score (nSPS) is 22.3. The summed E-state index contributed by atoms with van der Waals surface area (Å²) in [7, 11) is 0. The van der Waals surface area contributed by atoms with Crippen LogP contribution >= 0.6 is 11.6 Å². The zero-order valence-corrected chi connectivity index (χ0v) is 13.3. The molecule has 1 atom stereocenters. The van der Waals surface area contributed by atoms with Gasteiger partial charge in [0.2, 0.25) is 0 Å². The van der Waals surface area contributed by atoms with Gasteiger partial charge in [-0.05, 0) is 37.1 Å². The number of halogens is 1. The molecule has 2 aromatic rings. The second-order valence-electron chi connectivity index (χ2n) is 5.98. The van der Waals surface area contributed by atoms with E-state index in [1.807, 2.05) is 6.07 Å². The van der Waals surface area contributed by atoms with Crippen LogP contribution in [-0.4, -0.2) is 19.6 Å². The smallest absolute Gasteiger partial charge is 0.0584 e. The lowest BCUT2D eigenvalue weighted by Gasteiger charge is -2.43. The summed E-state index contributed by atoms with van der Waals surface area (Å²) in [6.07, 6.45) is 0. The van der Waals surface area contributed by atoms with E-state index in [-0.39, 0.29) is 5.54 Å². The summed E-state index contributed by atoms with van der Waals surface area (Å²) in [6, 6.07) is 16.8. The highest BCUT2D eigenvalue weighted by atomic mass is 35.5. The van der Waals surface area contributed by atoms with Crippen LogP contribution in [0, 0.1) is 6.92 Å². The summed E-state index contributed by atoms with van der Waals surface area (Å²) in [5.74, 6) is 0. The van der Waals surface area contributed by atoms with E-state index in [1.165, 1.54) is 16.8 Å². The Morgan fingerprint density at radius 2 is 1.90 bits per heavy atom. The Kier molecular flexibility index (Phi) is 3.92. The molecule has 0 saturated carbocycles. The minimum Gasteiger partial charge on any atom is -0.368 e. The van der Waals surface area contributed by atoms with Crippen molar-refractivity contribution >= 4 is 17.3 Å². The van der Waals surface area contributed by atoms with E-state index >= 15 is 0 Å². The number of rotatable bonds is 2. The van der Waals surface area contributed by atoms with Gasteiger partial charge in [0.05, 0.1) is 5.54 Å². The molecule has 1 fully saturated rings. The molecule has 0 amide bonds. The number of piperazine rings is 1. The molecule has 0 radical (unpaired) electrons. The second-order valence-corrected chi connectivity index (χ2v) is 6.41. The van der Waals surface area contributed by atoms with Gasteiger partial charge in [0.25, 0.3) is 0 Å². The fourth-order valence-electron chi connectivity index (χ4n) is 3.11. The van der Waals surface area contributed by atoms with Crippen molar-refractivity contribution in [2.75, 3.05) is 24.5 Å². The molecule has 0 aliphatic carbocycles. The molecule has 1 unspecified atom stereocenters. The van der Waals surface area contributed by atoms with Gasteiger partial charge in [-0.15, -0.1) is 0 Å². The minimum absolute atomic E-state index is 0.0335. The standard InChI is InChI=1S/C18H21ClN2/c1-14-8-9-16(19)12-17(14)21-11-10-20-18(2,13-21)15-6-4-3-5-7-15/h3-9,12,20H,10-11,13H2,1-2H3. The van der Waals surface area contributed by atoms with Crippen LogP contribution in [0.25, 0.3) is 0 Å². The molecule has 1 N–H and O–H groups in total. The Labute approximate surface area is 131 Å². The maximum atomic E-state index is 6.18. The first-order chi connectivity index (χ1) is 10.1.